The molecule has 0 aliphatic rings. The Balaban J connectivity index is 2.28. The smallest absolute Gasteiger partial charge is 0.247 e. The normalized spacial score (nSPS) is 13.7. The topological polar surface area (TPSA) is 129 Å². The molecule has 0 spiro atoms. The second-order valence-electron chi connectivity index (χ2n) is 8.43. The number of hydroxylamine groups is 1. The van der Waals surface area contributed by atoms with Crippen molar-refractivity contribution in [1.82, 2.24) is 20.3 Å². The van der Waals surface area contributed by atoms with Gasteiger partial charge in [0.1, 0.15) is 0 Å². The molecule has 2 atom stereocenters. The van der Waals surface area contributed by atoms with Gasteiger partial charge in [-0.25, -0.2) is 13.9 Å². The molecular formula is C24H32N4O5S. The number of rotatable bonds is 12. The highest BCUT2D eigenvalue weighted by Gasteiger charge is 2.35. The SMILES string of the molecule is CC(C)C[C@@H](C(=O)NN(Cc1ccccn1)S(C)(=O)=O)[C@H](CC=Cc1ccccc1)C(=O)NO. The second-order valence-corrected chi connectivity index (χ2v) is 10.3. The van der Waals surface area contributed by atoms with E-state index in [1.54, 1.807) is 29.8 Å². The maximum atomic E-state index is 13.3. The predicted octanol–water partition coefficient (Wildman–Crippen LogP) is 2.76. The van der Waals surface area contributed by atoms with Crippen LogP contribution in [0.25, 0.3) is 6.08 Å². The van der Waals surface area contributed by atoms with E-state index in [0.717, 1.165) is 16.2 Å². The van der Waals surface area contributed by atoms with Crippen LogP contribution in [0.5, 0.6) is 0 Å². The van der Waals surface area contributed by atoms with Crippen molar-refractivity contribution in [3.63, 3.8) is 0 Å². The first-order valence-electron chi connectivity index (χ1n) is 11.0. The fourth-order valence-corrected chi connectivity index (χ4v) is 4.12. The van der Waals surface area contributed by atoms with Crippen molar-refractivity contribution in [2.75, 3.05) is 6.26 Å². The standard InChI is InChI=1S/C24H32N4O5S/c1-18(2)16-22(21(24(30)27-31)14-9-12-19-10-5-4-6-11-19)23(29)26-28(34(3,32)33)17-20-13-7-8-15-25-20/h4-13,15,18,21-22,31H,14,16-17H2,1-3H3,(H,26,29)(H,27,30)/t21-,22+/m0/s1. The molecule has 2 amide bonds. The van der Waals surface area contributed by atoms with Crippen LogP contribution in [0.2, 0.25) is 0 Å². The van der Waals surface area contributed by atoms with E-state index in [1.807, 2.05) is 50.3 Å². The van der Waals surface area contributed by atoms with Gasteiger partial charge in [0.2, 0.25) is 21.8 Å². The van der Waals surface area contributed by atoms with E-state index in [-0.39, 0.29) is 18.9 Å². The minimum Gasteiger partial charge on any atom is -0.289 e. The molecule has 0 aliphatic carbocycles. The molecule has 184 valence electrons. The molecule has 0 unspecified atom stereocenters. The Bertz CT molecular complexity index is 1060. The fraction of sp³-hybridized carbons (Fsp3) is 0.375. The Hall–Kier alpha value is -3.08. The largest absolute Gasteiger partial charge is 0.289 e. The Labute approximate surface area is 200 Å². The van der Waals surface area contributed by atoms with Crippen molar-refractivity contribution in [2.24, 2.45) is 17.8 Å². The van der Waals surface area contributed by atoms with Gasteiger partial charge in [-0.15, -0.1) is 4.41 Å². The summed E-state index contributed by atoms with van der Waals surface area (Å²) in [6.07, 6.45) is 6.58. The van der Waals surface area contributed by atoms with Gasteiger partial charge in [-0.1, -0.05) is 62.4 Å². The first-order chi connectivity index (χ1) is 16.1. The van der Waals surface area contributed by atoms with Gasteiger partial charge >= 0.3 is 0 Å². The van der Waals surface area contributed by atoms with E-state index in [1.165, 1.54) is 6.20 Å². The second kappa shape index (κ2) is 13.0. The van der Waals surface area contributed by atoms with E-state index in [9.17, 15) is 23.2 Å². The third kappa shape index (κ3) is 8.69. The Kier molecular flexibility index (Phi) is 10.4. The van der Waals surface area contributed by atoms with Crippen LogP contribution in [0.3, 0.4) is 0 Å². The van der Waals surface area contributed by atoms with Gasteiger partial charge in [-0.05, 0) is 36.5 Å². The lowest BCUT2D eigenvalue weighted by molar-refractivity contribution is -0.142. The summed E-state index contributed by atoms with van der Waals surface area (Å²) in [5, 5.41) is 9.32. The lowest BCUT2D eigenvalue weighted by Gasteiger charge is -2.28. The van der Waals surface area contributed by atoms with Gasteiger partial charge in [0.05, 0.1) is 30.3 Å². The van der Waals surface area contributed by atoms with Crippen LogP contribution in [0, 0.1) is 17.8 Å². The molecule has 1 aromatic heterocycles. The van der Waals surface area contributed by atoms with Crippen LogP contribution < -0.4 is 10.9 Å². The van der Waals surface area contributed by atoms with E-state index >= 15 is 0 Å². The highest BCUT2D eigenvalue weighted by Crippen LogP contribution is 2.26. The predicted molar refractivity (Wildman–Crippen MR) is 129 cm³/mol. The highest BCUT2D eigenvalue weighted by molar-refractivity contribution is 7.88. The zero-order valence-corrected chi connectivity index (χ0v) is 20.4. The van der Waals surface area contributed by atoms with Crippen LogP contribution in [0.1, 0.15) is 37.9 Å². The third-order valence-electron chi connectivity index (χ3n) is 5.16. The van der Waals surface area contributed by atoms with Crippen LogP contribution >= 0.6 is 0 Å². The summed E-state index contributed by atoms with van der Waals surface area (Å²) in [6, 6.07) is 14.5. The van der Waals surface area contributed by atoms with Crippen molar-refractivity contribution < 1.29 is 23.2 Å². The minimum atomic E-state index is -3.83. The summed E-state index contributed by atoms with van der Waals surface area (Å²) in [5.41, 5.74) is 5.48. The molecule has 2 rings (SSSR count). The van der Waals surface area contributed by atoms with Crippen molar-refractivity contribution in [3.05, 3.63) is 72.1 Å². The lowest BCUT2D eigenvalue weighted by atomic mass is 9.82. The van der Waals surface area contributed by atoms with E-state index in [2.05, 4.69) is 10.4 Å². The Morgan fingerprint density at radius 3 is 2.29 bits per heavy atom. The van der Waals surface area contributed by atoms with E-state index in [0.29, 0.717) is 12.1 Å². The molecule has 10 heteroatoms. The number of benzene rings is 1. The monoisotopic (exact) mass is 488 g/mol. The number of carbonyl (C=O) groups is 2. The van der Waals surface area contributed by atoms with Gasteiger partial charge in [0, 0.05) is 6.20 Å². The summed E-state index contributed by atoms with van der Waals surface area (Å²) in [6.45, 7) is 3.64. The zero-order valence-electron chi connectivity index (χ0n) is 19.6. The van der Waals surface area contributed by atoms with Gasteiger partial charge in [0.25, 0.3) is 0 Å². The summed E-state index contributed by atoms with van der Waals surface area (Å²) < 4.78 is 25.5. The highest BCUT2D eigenvalue weighted by atomic mass is 32.2. The summed E-state index contributed by atoms with van der Waals surface area (Å²) in [5.74, 6) is -3.11. The number of amides is 2. The average molecular weight is 489 g/mol. The number of allylic oxidation sites excluding steroid dienone is 1. The summed E-state index contributed by atoms with van der Waals surface area (Å²) in [7, 11) is -3.83. The van der Waals surface area contributed by atoms with Crippen molar-refractivity contribution in [1.29, 1.82) is 0 Å². The van der Waals surface area contributed by atoms with Gasteiger partial charge in [0.15, 0.2) is 0 Å². The Morgan fingerprint density at radius 1 is 1.06 bits per heavy atom. The molecule has 0 bridgehead atoms. The molecule has 0 radical (unpaired) electrons. The first kappa shape index (κ1) is 27.2. The van der Waals surface area contributed by atoms with Gasteiger partial charge in [-0.2, -0.15) is 0 Å². The molecule has 9 nitrogen and oxygen atoms in total. The van der Waals surface area contributed by atoms with E-state index < -0.39 is 33.7 Å². The molecular weight excluding hydrogens is 456 g/mol. The zero-order chi connectivity index (χ0) is 25.1. The number of nitrogens with zero attached hydrogens (tertiary/aromatic N) is 2. The molecule has 1 aromatic carbocycles. The van der Waals surface area contributed by atoms with Crippen LogP contribution in [0.4, 0.5) is 0 Å². The maximum Gasteiger partial charge on any atom is 0.247 e. The van der Waals surface area contributed by atoms with Crippen LogP contribution in [0.15, 0.2) is 60.8 Å². The quantitative estimate of drug-likeness (QED) is 0.311. The number of hydrogen-bond donors (Lipinski definition) is 3. The number of carbonyl (C=O) groups excluding carboxylic acids is 2. The molecule has 0 fully saturated rings. The number of hydrogen-bond acceptors (Lipinski definition) is 6. The number of aromatic nitrogens is 1. The number of sulfonamides is 1. The number of nitrogens with one attached hydrogen (secondary N) is 2. The number of pyridine rings is 1. The first-order valence-corrected chi connectivity index (χ1v) is 12.8. The molecule has 0 saturated heterocycles. The third-order valence-corrected chi connectivity index (χ3v) is 6.18. The van der Waals surface area contributed by atoms with Gasteiger partial charge < -0.3 is 0 Å². The molecule has 1 heterocycles. The molecule has 34 heavy (non-hydrogen) atoms. The lowest BCUT2D eigenvalue weighted by Crippen LogP contribution is -2.50. The molecule has 3 N–H and O–H groups in total. The van der Waals surface area contributed by atoms with Crippen molar-refractivity contribution in [3.8, 4) is 0 Å². The maximum absolute atomic E-state index is 13.3. The fourth-order valence-electron chi connectivity index (χ4n) is 3.50. The summed E-state index contributed by atoms with van der Waals surface area (Å²) >= 11 is 0. The number of hydrazine groups is 1. The molecule has 0 aliphatic heterocycles. The van der Waals surface area contributed by atoms with Gasteiger partial charge in [-0.3, -0.25) is 25.2 Å². The van der Waals surface area contributed by atoms with Crippen molar-refractivity contribution >= 4 is 27.9 Å². The molecule has 0 saturated carbocycles. The Morgan fingerprint density at radius 2 is 1.74 bits per heavy atom. The van der Waals surface area contributed by atoms with Crippen LogP contribution in [-0.2, 0) is 26.2 Å². The average Bonchev–Trinajstić information content (AvgIpc) is 2.80. The minimum absolute atomic E-state index is 0.0327. The molecule has 2 aromatic rings. The van der Waals surface area contributed by atoms with Crippen molar-refractivity contribution in [2.45, 2.75) is 33.2 Å². The van der Waals surface area contributed by atoms with Crippen LogP contribution in [-0.4, -0.2) is 41.1 Å². The van der Waals surface area contributed by atoms with E-state index in [4.69, 9.17) is 0 Å². The summed E-state index contributed by atoms with van der Waals surface area (Å²) in [4.78, 5) is 30.0.